The van der Waals surface area contributed by atoms with Crippen LogP contribution in [0.15, 0.2) is 30.7 Å². The molecule has 5 nitrogen and oxygen atoms in total. The van der Waals surface area contributed by atoms with Gasteiger partial charge in [-0.2, -0.15) is 13.2 Å². The van der Waals surface area contributed by atoms with Crippen LogP contribution < -0.4 is 10.6 Å². The van der Waals surface area contributed by atoms with Crippen molar-refractivity contribution < 1.29 is 13.2 Å². The molecule has 0 aliphatic heterocycles. The lowest BCUT2D eigenvalue weighted by Gasteiger charge is -2.11. The number of nitrogens with one attached hydrogen (secondary N) is 2. The van der Waals surface area contributed by atoms with E-state index >= 15 is 0 Å². The number of hydrogen-bond donors (Lipinski definition) is 2. The molecule has 0 fully saturated rings. The fourth-order valence-corrected chi connectivity index (χ4v) is 1.84. The number of anilines is 2. The normalized spacial score (nSPS) is 11.3. The molecule has 0 saturated carbocycles. The molecule has 2 rings (SSSR count). The van der Waals surface area contributed by atoms with Crippen molar-refractivity contribution in [3.05, 3.63) is 41.3 Å². The second-order valence-corrected chi connectivity index (χ2v) is 4.74. The number of halogens is 4. The van der Waals surface area contributed by atoms with Crippen molar-refractivity contribution in [3.8, 4) is 0 Å². The number of hydrogen-bond acceptors (Lipinski definition) is 5. The first kappa shape index (κ1) is 16.3. The lowest BCUT2D eigenvalue weighted by Crippen LogP contribution is -2.12. The van der Waals surface area contributed by atoms with Crippen LogP contribution in [0.3, 0.4) is 0 Å². The second kappa shape index (κ2) is 7.26. The predicted molar refractivity (Wildman–Crippen MR) is 77.9 cm³/mol. The van der Waals surface area contributed by atoms with Crippen LogP contribution in [0.1, 0.15) is 12.0 Å². The first-order chi connectivity index (χ1) is 10.5. The number of pyridine rings is 1. The Hall–Kier alpha value is -2.09. The molecule has 2 aromatic heterocycles. The molecule has 2 heterocycles. The molecule has 0 aromatic carbocycles. The molecule has 9 heteroatoms. The van der Waals surface area contributed by atoms with Crippen molar-refractivity contribution in [3.63, 3.8) is 0 Å². The standard InChI is InChI=1S/C13H13ClF3N5/c14-10-7-9(13(15,16)17)8-22-11(10)18-3-1-4-19-12-20-5-2-6-21-12/h2,5-8H,1,3-4H2,(H,18,22)(H,19,20,21). The smallest absolute Gasteiger partial charge is 0.369 e. The van der Waals surface area contributed by atoms with Gasteiger partial charge in [-0.15, -0.1) is 0 Å². The molecule has 0 amide bonds. The van der Waals surface area contributed by atoms with Gasteiger partial charge < -0.3 is 10.6 Å². The molecule has 0 unspecified atom stereocenters. The average molecular weight is 332 g/mol. The Balaban J connectivity index is 1.77. The van der Waals surface area contributed by atoms with E-state index in [1.807, 2.05) is 0 Å². The maximum absolute atomic E-state index is 12.5. The Morgan fingerprint density at radius 1 is 1.05 bits per heavy atom. The van der Waals surface area contributed by atoms with Crippen LogP contribution in [0.4, 0.5) is 24.9 Å². The minimum absolute atomic E-state index is 0.0609. The van der Waals surface area contributed by atoms with Crippen LogP contribution in [-0.2, 0) is 6.18 Å². The molecule has 22 heavy (non-hydrogen) atoms. The summed E-state index contributed by atoms with van der Waals surface area (Å²) in [5.41, 5.74) is -0.869. The Morgan fingerprint density at radius 2 is 1.73 bits per heavy atom. The molecule has 0 radical (unpaired) electrons. The van der Waals surface area contributed by atoms with Crippen LogP contribution in [0, 0.1) is 0 Å². The summed E-state index contributed by atoms with van der Waals surface area (Å²) in [5.74, 6) is 0.749. The Morgan fingerprint density at radius 3 is 2.36 bits per heavy atom. The molecule has 118 valence electrons. The van der Waals surface area contributed by atoms with Gasteiger partial charge in [-0.3, -0.25) is 0 Å². The molecule has 0 spiro atoms. The van der Waals surface area contributed by atoms with Gasteiger partial charge in [0.2, 0.25) is 5.95 Å². The zero-order valence-electron chi connectivity index (χ0n) is 11.4. The average Bonchev–Trinajstić information content (AvgIpc) is 2.48. The van der Waals surface area contributed by atoms with Gasteiger partial charge in [-0.1, -0.05) is 11.6 Å². The van der Waals surface area contributed by atoms with Crippen molar-refractivity contribution in [2.45, 2.75) is 12.6 Å². The largest absolute Gasteiger partial charge is 0.417 e. The van der Waals surface area contributed by atoms with Gasteiger partial charge >= 0.3 is 6.18 Å². The first-order valence-corrected chi connectivity index (χ1v) is 6.82. The van der Waals surface area contributed by atoms with Crippen LogP contribution in [0.25, 0.3) is 0 Å². The van der Waals surface area contributed by atoms with E-state index in [2.05, 4.69) is 25.6 Å². The van der Waals surface area contributed by atoms with E-state index in [0.717, 1.165) is 12.3 Å². The van der Waals surface area contributed by atoms with Gasteiger partial charge in [0, 0.05) is 31.7 Å². The molecular formula is C13H13ClF3N5. The van der Waals surface area contributed by atoms with Gasteiger partial charge in [-0.25, -0.2) is 15.0 Å². The van der Waals surface area contributed by atoms with Gasteiger partial charge in [0.15, 0.2) is 0 Å². The summed E-state index contributed by atoms with van der Waals surface area (Å²) in [6, 6.07) is 2.57. The summed E-state index contributed by atoms with van der Waals surface area (Å²) < 4.78 is 37.4. The number of rotatable bonds is 6. The highest BCUT2D eigenvalue weighted by atomic mass is 35.5. The first-order valence-electron chi connectivity index (χ1n) is 6.44. The number of alkyl halides is 3. The Kier molecular flexibility index (Phi) is 5.37. The summed E-state index contributed by atoms with van der Waals surface area (Å²) in [7, 11) is 0. The van der Waals surface area contributed by atoms with E-state index in [9.17, 15) is 13.2 Å². The fourth-order valence-electron chi connectivity index (χ4n) is 1.61. The van der Waals surface area contributed by atoms with Crippen molar-refractivity contribution in [2.75, 3.05) is 23.7 Å². The van der Waals surface area contributed by atoms with E-state index in [-0.39, 0.29) is 10.8 Å². The summed E-state index contributed by atoms with van der Waals surface area (Å²) in [6.45, 7) is 1.10. The third kappa shape index (κ3) is 4.73. The van der Waals surface area contributed by atoms with Crippen molar-refractivity contribution >= 4 is 23.4 Å². The monoisotopic (exact) mass is 331 g/mol. The second-order valence-electron chi connectivity index (χ2n) is 4.33. The summed E-state index contributed by atoms with van der Waals surface area (Å²) in [6.07, 6.45) is 0.245. The topological polar surface area (TPSA) is 62.7 Å². The van der Waals surface area contributed by atoms with Crippen molar-refractivity contribution in [2.24, 2.45) is 0 Å². The summed E-state index contributed by atoms with van der Waals surface area (Å²) in [4.78, 5) is 11.7. The highest BCUT2D eigenvalue weighted by Crippen LogP contribution is 2.32. The maximum atomic E-state index is 12.5. The highest BCUT2D eigenvalue weighted by Gasteiger charge is 2.31. The quantitative estimate of drug-likeness (QED) is 0.794. The third-order valence-electron chi connectivity index (χ3n) is 2.66. The third-order valence-corrected chi connectivity index (χ3v) is 2.95. The maximum Gasteiger partial charge on any atom is 0.417 e. The number of nitrogens with zero attached hydrogens (tertiary/aromatic N) is 3. The van der Waals surface area contributed by atoms with Crippen LogP contribution in [-0.4, -0.2) is 28.0 Å². The Labute approximate surface area is 130 Å². The lowest BCUT2D eigenvalue weighted by molar-refractivity contribution is -0.137. The molecule has 0 atom stereocenters. The SMILES string of the molecule is FC(F)(F)c1cnc(NCCCNc2ncccn2)c(Cl)c1. The van der Waals surface area contributed by atoms with Crippen molar-refractivity contribution in [1.29, 1.82) is 0 Å². The summed E-state index contributed by atoms with van der Waals surface area (Å²) >= 11 is 5.78. The highest BCUT2D eigenvalue weighted by molar-refractivity contribution is 6.32. The van der Waals surface area contributed by atoms with Crippen LogP contribution >= 0.6 is 11.6 Å². The molecule has 0 saturated heterocycles. The van der Waals surface area contributed by atoms with Gasteiger partial charge in [0.1, 0.15) is 5.82 Å². The van der Waals surface area contributed by atoms with E-state index in [0.29, 0.717) is 25.5 Å². The summed E-state index contributed by atoms with van der Waals surface area (Å²) in [5, 5.41) is 5.84. The molecule has 0 aliphatic carbocycles. The predicted octanol–water partition coefficient (Wildman–Crippen LogP) is 3.46. The Bertz CT molecular complexity index is 606. The van der Waals surface area contributed by atoms with Crippen LogP contribution in [0.2, 0.25) is 5.02 Å². The van der Waals surface area contributed by atoms with E-state index in [4.69, 9.17) is 11.6 Å². The van der Waals surface area contributed by atoms with Gasteiger partial charge in [0.05, 0.1) is 10.6 Å². The van der Waals surface area contributed by atoms with Crippen LogP contribution in [0.5, 0.6) is 0 Å². The minimum atomic E-state index is -4.45. The molecule has 0 aliphatic rings. The zero-order valence-corrected chi connectivity index (χ0v) is 12.1. The van der Waals surface area contributed by atoms with Crippen molar-refractivity contribution in [1.82, 2.24) is 15.0 Å². The van der Waals surface area contributed by atoms with E-state index < -0.39 is 11.7 Å². The minimum Gasteiger partial charge on any atom is -0.369 e. The molecule has 0 bridgehead atoms. The van der Waals surface area contributed by atoms with E-state index in [1.54, 1.807) is 18.5 Å². The number of aromatic nitrogens is 3. The molecular weight excluding hydrogens is 319 g/mol. The zero-order chi connectivity index (χ0) is 16.0. The molecule has 2 aromatic rings. The molecule has 2 N–H and O–H groups in total. The lowest BCUT2D eigenvalue weighted by atomic mass is 10.2. The fraction of sp³-hybridized carbons (Fsp3) is 0.308. The van der Waals surface area contributed by atoms with Gasteiger partial charge in [-0.05, 0) is 18.6 Å². The van der Waals surface area contributed by atoms with E-state index in [1.165, 1.54) is 0 Å². The van der Waals surface area contributed by atoms with Gasteiger partial charge in [0.25, 0.3) is 0 Å².